The van der Waals surface area contributed by atoms with Crippen LogP contribution in [0.5, 0.6) is 0 Å². The summed E-state index contributed by atoms with van der Waals surface area (Å²) in [7, 11) is 0. The Kier molecular flexibility index (Phi) is 2.99. The number of hydrogen-bond donors (Lipinski definition) is 1. The van der Waals surface area contributed by atoms with E-state index in [1.807, 2.05) is 6.92 Å². The molecule has 0 bridgehead atoms. The fourth-order valence-electron chi connectivity index (χ4n) is 2.07. The minimum atomic E-state index is 0.158. The van der Waals surface area contributed by atoms with Crippen molar-refractivity contribution in [3.05, 3.63) is 11.7 Å². The van der Waals surface area contributed by atoms with E-state index in [1.165, 1.54) is 0 Å². The third-order valence-electron chi connectivity index (χ3n) is 3.01. The zero-order valence-electron chi connectivity index (χ0n) is 10.4. The van der Waals surface area contributed by atoms with E-state index >= 15 is 0 Å². The molecule has 0 amide bonds. The van der Waals surface area contributed by atoms with Gasteiger partial charge in [0, 0.05) is 31.6 Å². The average Bonchev–Trinajstić information content (AvgIpc) is 2.58. The van der Waals surface area contributed by atoms with Crippen molar-refractivity contribution < 1.29 is 4.52 Å². The van der Waals surface area contributed by atoms with Gasteiger partial charge in [0.1, 0.15) is 0 Å². The van der Waals surface area contributed by atoms with Gasteiger partial charge in [-0.15, -0.1) is 0 Å². The number of aryl methyl sites for hydroxylation is 1. The fourth-order valence-corrected chi connectivity index (χ4v) is 2.07. The molecule has 1 atom stereocenters. The maximum Gasteiger partial charge on any atom is 0.223 e. The largest absolute Gasteiger partial charge is 0.340 e. The molecule has 16 heavy (non-hydrogen) atoms. The van der Waals surface area contributed by atoms with E-state index in [0.717, 1.165) is 25.5 Å². The summed E-state index contributed by atoms with van der Waals surface area (Å²) < 4.78 is 4.99. The van der Waals surface area contributed by atoms with Crippen molar-refractivity contribution in [1.82, 2.24) is 20.4 Å². The zero-order valence-corrected chi connectivity index (χ0v) is 10.4. The molecule has 1 aromatic heterocycles. The monoisotopic (exact) mass is 224 g/mol. The molecule has 90 valence electrons. The molecule has 0 aliphatic carbocycles. The summed E-state index contributed by atoms with van der Waals surface area (Å²) in [5.74, 6) is 1.42. The molecule has 2 rings (SSSR count). The Balaban J connectivity index is 2.02. The molecule has 1 aliphatic rings. The number of aromatic nitrogens is 2. The maximum absolute atomic E-state index is 4.99. The average molecular weight is 224 g/mol. The number of nitrogens with one attached hydrogen (secondary N) is 1. The van der Waals surface area contributed by atoms with Crippen LogP contribution in [0.3, 0.4) is 0 Å². The lowest BCUT2D eigenvalue weighted by Crippen LogP contribution is -2.60. The molecular formula is C11H20N4O. The van der Waals surface area contributed by atoms with Gasteiger partial charge in [-0.05, 0) is 20.8 Å². The molecule has 1 aliphatic heterocycles. The van der Waals surface area contributed by atoms with E-state index in [4.69, 9.17) is 4.52 Å². The smallest absolute Gasteiger partial charge is 0.223 e. The van der Waals surface area contributed by atoms with Crippen LogP contribution >= 0.6 is 0 Å². The van der Waals surface area contributed by atoms with Crippen LogP contribution in [0.1, 0.15) is 32.5 Å². The first-order valence-electron chi connectivity index (χ1n) is 5.74. The number of piperazine rings is 1. The lowest BCUT2D eigenvalue weighted by molar-refractivity contribution is 0.0943. The van der Waals surface area contributed by atoms with Crippen LogP contribution in [0.4, 0.5) is 0 Å². The van der Waals surface area contributed by atoms with Crippen LogP contribution in [0.25, 0.3) is 0 Å². The Morgan fingerprint density at radius 1 is 1.56 bits per heavy atom. The molecule has 1 N–H and O–H groups in total. The van der Waals surface area contributed by atoms with Gasteiger partial charge in [0.05, 0.1) is 6.54 Å². The Labute approximate surface area is 96.2 Å². The maximum atomic E-state index is 4.99. The molecule has 2 heterocycles. The second-order valence-corrected chi connectivity index (χ2v) is 5.25. The first-order chi connectivity index (χ1) is 7.46. The van der Waals surface area contributed by atoms with Crippen molar-refractivity contribution in [2.45, 2.75) is 45.8 Å². The highest BCUT2D eigenvalue weighted by atomic mass is 16.5. The van der Waals surface area contributed by atoms with Gasteiger partial charge in [0.25, 0.3) is 0 Å². The summed E-state index contributed by atoms with van der Waals surface area (Å²) in [6.45, 7) is 11.2. The van der Waals surface area contributed by atoms with Crippen molar-refractivity contribution in [3.8, 4) is 0 Å². The summed E-state index contributed by atoms with van der Waals surface area (Å²) in [5, 5.41) is 7.47. The molecule has 0 radical (unpaired) electrons. The zero-order chi connectivity index (χ0) is 11.8. The van der Waals surface area contributed by atoms with Crippen molar-refractivity contribution in [1.29, 1.82) is 0 Å². The van der Waals surface area contributed by atoms with Crippen LogP contribution in [-0.2, 0) is 6.54 Å². The summed E-state index contributed by atoms with van der Waals surface area (Å²) in [5.41, 5.74) is 0.158. The Hall–Kier alpha value is -0.940. The molecule has 1 saturated heterocycles. The normalized spacial score (nSPS) is 25.9. The minimum Gasteiger partial charge on any atom is -0.340 e. The van der Waals surface area contributed by atoms with Gasteiger partial charge in [-0.25, -0.2) is 0 Å². The lowest BCUT2D eigenvalue weighted by atomic mass is 9.99. The lowest BCUT2D eigenvalue weighted by Gasteiger charge is -2.42. The SMILES string of the molecule is Cc1nc(CN2CC(C)(C)NCC2C)no1. The van der Waals surface area contributed by atoms with Gasteiger partial charge < -0.3 is 9.84 Å². The molecule has 1 aromatic rings. The van der Waals surface area contributed by atoms with Crippen LogP contribution < -0.4 is 5.32 Å². The quantitative estimate of drug-likeness (QED) is 0.810. The Morgan fingerprint density at radius 2 is 2.31 bits per heavy atom. The van der Waals surface area contributed by atoms with E-state index in [9.17, 15) is 0 Å². The summed E-state index contributed by atoms with van der Waals surface area (Å²) in [6.07, 6.45) is 0. The molecular weight excluding hydrogens is 204 g/mol. The first-order valence-corrected chi connectivity index (χ1v) is 5.74. The molecule has 0 aromatic carbocycles. The molecule has 1 fully saturated rings. The Bertz CT molecular complexity index is 361. The standard InChI is InChI=1S/C11H20N4O/c1-8-5-12-11(3,4)7-15(8)6-10-13-9(2)16-14-10/h8,12H,5-7H2,1-4H3. The number of nitrogens with zero attached hydrogens (tertiary/aromatic N) is 3. The van der Waals surface area contributed by atoms with Crippen molar-refractivity contribution in [2.75, 3.05) is 13.1 Å². The molecule has 0 spiro atoms. The topological polar surface area (TPSA) is 54.2 Å². The highest BCUT2D eigenvalue weighted by molar-refractivity contribution is 4.93. The second-order valence-electron chi connectivity index (χ2n) is 5.25. The van der Waals surface area contributed by atoms with Crippen LogP contribution in [0.15, 0.2) is 4.52 Å². The van der Waals surface area contributed by atoms with Gasteiger partial charge in [-0.3, -0.25) is 4.90 Å². The molecule has 5 heteroatoms. The summed E-state index contributed by atoms with van der Waals surface area (Å²) >= 11 is 0. The highest BCUT2D eigenvalue weighted by Crippen LogP contribution is 2.16. The highest BCUT2D eigenvalue weighted by Gasteiger charge is 2.30. The molecule has 1 unspecified atom stereocenters. The van der Waals surface area contributed by atoms with Gasteiger partial charge in [0.15, 0.2) is 5.82 Å². The first kappa shape index (κ1) is 11.5. The van der Waals surface area contributed by atoms with Gasteiger partial charge >= 0.3 is 0 Å². The predicted octanol–water partition coefficient (Wildman–Crippen LogP) is 0.950. The third-order valence-corrected chi connectivity index (χ3v) is 3.01. The van der Waals surface area contributed by atoms with Gasteiger partial charge in [0.2, 0.25) is 5.89 Å². The number of hydrogen-bond acceptors (Lipinski definition) is 5. The van der Waals surface area contributed by atoms with Crippen molar-refractivity contribution in [2.24, 2.45) is 0 Å². The van der Waals surface area contributed by atoms with E-state index in [1.54, 1.807) is 0 Å². The van der Waals surface area contributed by atoms with E-state index in [-0.39, 0.29) is 5.54 Å². The summed E-state index contributed by atoms with van der Waals surface area (Å²) in [6, 6.07) is 0.506. The number of rotatable bonds is 2. The summed E-state index contributed by atoms with van der Waals surface area (Å²) in [4.78, 5) is 6.64. The van der Waals surface area contributed by atoms with Gasteiger partial charge in [-0.2, -0.15) is 4.98 Å². The van der Waals surface area contributed by atoms with Crippen LogP contribution in [0.2, 0.25) is 0 Å². The van der Waals surface area contributed by atoms with E-state index < -0.39 is 0 Å². The third kappa shape index (κ3) is 2.59. The van der Waals surface area contributed by atoms with Crippen LogP contribution in [0, 0.1) is 6.92 Å². The Morgan fingerprint density at radius 3 is 2.94 bits per heavy atom. The fraction of sp³-hybridized carbons (Fsp3) is 0.818. The molecule has 5 nitrogen and oxygen atoms in total. The van der Waals surface area contributed by atoms with Crippen molar-refractivity contribution in [3.63, 3.8) is 0 Å². The van der Waals surface area contributed by atoms with Crippen molar-refractivity contribution >= 4 is 0 Å². The van der Waals surface area contributed by atoms with Crippen LogP contribution in [-0.4, -0.2) is 39.7 Å². The second kappa shape index (κ2) is 4.14. The minimum absolute atomic E-state index is 0.158. The molecule has 0 saturated carbocycles. The predicted molar refractivity (Wildman–Crippen MR) is 61.0 cm³/mol. The van der Waals surface area contributed by atoms with Gasteiger partial charge in [-0.1, -0.05) is 5.16 Å². The van der Waals surface area contributed by atoms with E-state index in [2.05, 4.69) is 41.1 Å². The van der Waals surface area contributed by atoms with E-state index in [0.29, 0.717) is 11.9 Å².